The van der Waals surface area contributed by atoms with E-state index in [2.05, 4.69) is 39.6 Å². The van der Waals surface area contributed by atoms with Crippen molar-refractivity contribution in [3.8, 4) is 0 Å². The molecule has 5 heteroatoms. The summed E-state index contributed by atoms with van der Waals surface area (Å²) in [5, 5.41) is 6.74. The molecule has 1 unspecified atom stereocenters. The molecule has 0 aliphatic carbocycles. The Labute approximate surface area is 129 Å². The maximum absolute atomic E-state index is 6.20. The summed E-state index contributed by atoms with van der Waals surface area (Å²) in [6, 6.07) is 7.93. The van der Waals surface area contributed by atoms with E-state index in [9.17, 15) is 0 Å². The van der Waals surface area contributed by atoms with Gasteiger partial charge >= 0.3 is 0 Å². The Morgan fingerprint density at radius 3 is 2.78 bits per heavy atom. The zero-order valence-corrected chi connectivity index (χ0v) is 13.6. The maximum Gasteiger partial charge on any atom is 0.0639 e. The zero-order valence-electron chi connectivity index (χ0n) is 9.71. The standard InChI is InChI=1S/C13H12BrCl2NS/c1-8(9-3-2-4-11(15)13(9)16)17-7-12-10(14)5-6-18-12/h2-6,8,17H,7H2,1H3. The normalized spacial score (nSPS) is 12.7. The molecular weight excluding hydrogens is 353 g/mol. The quantitative estimate of drug-likeness (QED) is 0.737. The Bertz CT molecular complexity index is 542. The van der Waals surface area contributed by atoms with Crippen LogP contribution in [0, 0.1) is 0 Å². The molecule has 0 saturated carbocycles. The van der Waals surface area contributed by atoms with Crippen LogP contribution in [0.5, 0.6) is 0 Å². The van der Waals surface area contributed by atoms with Gasteiger partial charge in [-0.2, -0.15) is 0 Å². The minimum Gasteiger partial charge on any atom is -0.305 e. The van der Waals surface area contributed by atoms with Crippen molar-refractivity contribution in [2.45, 2.75) is 19.5 Å². The third kappa shape index (κ3) is 3.28. The monoisotopic (exact) mass is 363 g/mol. The van der Waals surface area contributed by atoms with E-state index < -0.39 is 0 Å². The van der Waals surface area contributed by atoms with Gasteiger partial charge in [-0.15, -0.1) is 11.3 Å². The number of benzene rings is 1. The van der Waals surface area contributed by atoms with Crippen molar-refractivity contribution < 1.29 is 0 Å². The van der Waals surface area contributed by atoms with Gasteiger partial charge in [0.15, 0.2) is 0 Å². The molecule has 2 aromatic rings. The summed E-state index contributed by atoms with van der Waals surface area (Å²) in [6.45, 7) is 2.89. The molecule has 0 aliphatic heterocycles. The van der Waals surface area contributed by atoms with Crippen LogP contribution in [0.25, 0.3) is 0 Å². The van der Waals surface area contributed by atoms with Gasteiger partial charge in [-0.25, -0.2) is 0 Å². The topological polar surface area (TPSA) is 12.0 Å². The lowest BCUT2D eigenvalue weighted by atomic mass is 10.1. The Balaban J connectivity index is 2.06. The molecule has 0 amide bonds. The van der Waals surface area contributed by atoms with Gasteiger partial charge in [-0.05, 0) is 45.9 Å². The van der Waals surface area contributed by atoms with Crippen LogP contribution in [0.4, 0.5) is 0 Å². The zero-order chi connectivity index (χ0) is 13.1. The van der Waals surface area contributed by atoms with Crippen LogP contribution >= 0.6 is 50.5 Å². The highest BCUT2D eigenvalue weighted by Crippen LogP contribution is 2.30. The van der Waals surface area contributed by atoms with Gasteiger partial charge in [-0.1, -0.05) is 35.3 Å². The van der Waals surface area contributed by atoms with Gasteiger partial charge in [0.25, 0.3) is 0 Å². The highest BCUT2D eigenvalue weighted by Gasteiger charge is 2.12. The second-order valence-corrected chi connectivity index (χ2v) is 6.58. The lowest BCUT2D eigenvalue weighted by molar-refractivity contribution is 0.578. The molecular formula is C13H12BrCl2NS. The first-order valence-corrected chi connectivity index (χ1v) is 7.91. The van der Waals surface area contributed by atoms with Crippen LogP contribution in [-0.4, -0.2) is 0 Å². The van der Waals surface area contributed by atoms with E-state index in [1.807, 2.05) is 12.1 Å². The highest BCUT2D eigenvalue weighted by molar-refractivity contribution is 9.10. The van der Waals surface area contributed by atoms with Gasteiger partial charge in [0.1, 0.15) is 0 Å². The molecule has 1 aromatic carbocycles. The van der Waals surface area contributed by atoms with Gasteiger partial charge in [-0.3, -0.25) is 0 Å². The summed E-state index contributed by atoms with van der Waals surface area (Å²) >= 11 is 17.5. The lowest BCUT2D eigenvalue weighted by Crippen LogP contribution is -2.18. The average molecular weight is 365 g/mol. The fourth-order valence-electron chi connectivity index (χ4n) is 1.66. The first kappa shape index (κ1) is 14.4. The molecule has 0 saturated heterocycles. The third-order valence-electron chi connectivity index (χ3n) is 2.71. The van der Waals surface area contributed by atoms with Gasteiger partial charge < -0.3 is 5.32 Å². The van der Waals surface area contributed by atoms with E-state index in [-0.39, 0.29) is 6.04 Å². The first-order chi connectivity index (χ1) is 8.59. The Hall–Kier alpha value is -0.0600. The van der Waals surface area contributed by atoms with Gasteiger partial charge in [0.05, 0.1) is 10.0 Å². The highest BCUT2D eigenvalue weighted by atomic mass is 79.9. The largest absolute Gasteiger partial charge is 0.305 e. The third-order valence-corrected chi connectivity index (χ3v) is 5.47. The molecule has 1 N–H and O–H groups in total. The molecule has 96 valence electrons. The van der Waals surface area contributed by atoms with Crippen molar-refractivity contribution in [2.75, 3.05) is 0 Å². The molecule has 0 radical (unpaired) electrons. The number of hydrogen-bond donors (Lipinski definition) is 1. The summed E-state index contributed by atoms with van der Waals surface area (Å²) in [7, 11) is 0. The van der Waals surface area contributed by atoms with Crippen LogP contribution in [0.2, 0.25) is 10.0 Å². The van der Waals surface area contributed by atoms with E-state index in [0.717, 1.165) is 16.6 Å². The fourth-order valence-corrected chi connectivity index (χ4v) is 3.58. The average Bonchev–Trinajstić information content (AvgIpc) is 2.75. The summed E-state index contributed by atoms with van der Waals surface area (Å²) in [6.07, 6.45) is 0. The van der Waals surface area contributed by atoms with Crippen LogP contribution in [-0.2, 0) is 6.54 Å². The summed E-state index contributed by atoms with van der Waals surface area (Å²) in [4.78, 5) is 1.28. The van der Waals surface area contributed by atoms with Gasteiger partial charge in [0.2, 0.25) is 0 Å². The minimum atomic E-state index is 0.158. The maximum atomic E-state index is 6.20. The predicted molar refractivity (Wildman–Crippen MR) is 83.7 cm³/mol. The molecule has 1 atom stereocenters. The second kappa shape index (κ2) is 6.40. The number of thiophene rings is 1. The molecule has 0 fully saturated rings. The second-order valence-electron chi connectivity index (χ2n) is 3.94. The van der Waals surface area contributed by atoms with E-state index in [0.29, 0.717) is 10.0 Å². The molecule has 0 bridgehead atoms. The van der Waals surface area contributed by atoms with Crippen molar-refractivity contribution in [2.24, 2.45) is 0 Å². The number of nitrogens with one attached hydrogen (secondary N) is 1. The Kier molecular flexibility index (Phi) is 5.10. The van der Waals surface area contributed by atoms with Crippen LogP contribution in [0.1, 0.15) is 23.4 Å². The van der Waals surface area contributed by atoms with E-state index in [1.54, 1.807) is 17.4 Å². The summed E-state index contributed by atoms with van der Waals surface area (Å²) in [5.41, 5.74) is 1.02. The number of halogens is 3. The molecule has 18 heavy (non-hydrogen) atoms. The van der Waals surface area contributed by atoms with Gasteiger partial charge in [0, 0.05) is 21.9 Å². The molecule has 0 spiro atoms. The van der Waals surface area contributed by atoms with E-state index in [4.69, 9.17) is 23.2 Å². The summed E-state index contributed by atoms with van der Waals surface area (Å²) < 4.78 is 1.14. The van der Waals surface area contributed by atoms with Crippen molar-refractivity contribution in [1.29, 1.82) is 0 Å². The minimum absolute atomic E-state index is 0.158. The molecule has 0 aliphatic rings. The lowest BCUT2D eigenvalue weighted by Gasteiger charge is -2.16. The van der Waals surface area contributed by atoms with Crippen LogP contribution in [0.3, 0.4) is 0 Å². The number of rotatable bonds is 4. The Morgan fingerprint density at radius 2 is 2.11 bits per heavy atom. The van der Waals surface area contributed by atoms with E-state index >= 15 is 0 Å². The Morgan fingerprint density at radius 1 is 1.33 bits per heavy atom. The van der Waals surface area contributed by atoms with Crippen molar-refractivity contribution >= 4 is 50.5 Å². The molecule has 1 heterocycles. The smallest absolute Gasteiger partial charge is 0.0639 e. The van der Waals surface area contributed by atoms with Crippen molar-refractivity contribution in [1.82, 2.24) is 5.32 Å². The first-order valence-electron chi connectivity index (χ1n) is 5.48. The van der Waals surface area contributed by atoms with Crippen LogP contribution in [0.15, 0.2) is 34.1 Å². The number of hydrogen-bond acceptors (Lipinski definition) is 2. The fraction of sp³-hybridized carbons (Fsp3) is 0.231. The molecule has 2 rings (SSSR count). The molecule has 1 aromatic heterocycles. The van der Waals surface area contributed by atoms with Crippen molar-refractivity contribution in [3.05, 3.63) is 54.6 Å². The summed E-state index contributed by atoms with van der Waals surface area (Å²) in [5.74, 6) is 0. The van der Waals surface area contributed by atoms with Crippen molar-refractivity contribution in [3.63, 3.8) is 0 Å². The van der Waals surface area contributed by atoms with E-state index in [1.165, 1.54) is 4.88 Å². The SMILES string of the molecule is CC(NCc1sccc1Br)c1cccc(Cl)c1Cl. The van der Waals surface area contributed by atoms with Crippen LogP contribution < -0.4 is 5.32 Å². The molecule has 1 nitrogen and oxygen atoms in total. The predicted octanol–water partition coefficient (Wildman–Crippen LogP) is 5.67.